The Balaban J connectivity index is 1.55. The smallest absolute Gasteiger partial charge is 0.305 e. The van der Waals surface area contributed by atoms with Gasteiger partial charge >= 0.3 is 5.97 Å². The molecule has 3 rings (SSSR count). The van der Waals surface area contributed by atoms with E-state index >= 15 is 0 Å². The Kier molecular flexibility index (Phi) is 8.69. The van der Waals surface area contributed by atoms with Gasteiger partial charge in [0.25, 0.3) is 5.91 Å². The first-order valence-corrected chi connectivity index (χ1v) is 11.9. The summed E-state index contributed by atoms with van der Waals surface area (Å²) in [7, 11) is 0. The molecular weight excluding hydrogens is 498 g/mol. The number of esters is 1. The van der Waals surface area contributed by atoms with Crippen molar-refractivity contribution < 1.29 is 19.1 Å². The predicted molar refractivity (Wildman–Crippen MR) is 131 cm³/mol. The average molecular weight is 520 g/mol. The lowest BCUT2D eigenvalue weighted by molar-refractivity contribution is -0.143. The number of nitrogens with zero attached hydrogens (tertiary/aromatic N) is 1. The van der Waals surface area contributed by atoms with Crippen molar-refractivity contribution in [3.05, 3.63) is 69.0 Å². The van der Waals surface area contributed by atoms with Gasteiger partial charge in [-0.2, -0.15) is 0 Å². The van der Waals surface area contributed by atoms with Crippen molar-refractivity contribution >= 4 is 62.2 Å². The van der Waals surface area contributed by atoms with Crippen molar-refractivity contribution in [2.45, 2.75) is 26.4 Å². The standard InChI is InChI=1S/C23H22BrNO4S2/c1-2-28-21(26)7-4-12-25-22(27)20(31-23(25)30)14-16-8-10-19(11-9-16)29-15-17-5-3-6-18(24)13-17/h3,5-6,8-11,13-14H,2,4,7,12,15H2,1H3/b20-14+. The summed E-state index contributed by atoms with van der Waals surface area (Å²) in [6.07, 6.45) is 2.61. The van der Waals surface area contributed by atoms with Crippen LogP contribution in [0.4, 0.5) is 0 Å². The Hall–Kier alpha value is -2.16. The Bertz CT molecular complexity index is 991. The quantitative estimate of drug-likeness (QED) is 0.245. The molecule has 1 heterocycles. The van der Waals surface area contributed by atoms with E-state index in [-0.39, 0.29) is 18.3 Å². The number of carbonyl (C=O) groups is 2. The first-order chi connectivity index (χ1) is 15.0. The minimum Gasteiger partial charge on any atom is -0.489 e. The summed E-state index contributed by atoms with van der Waals surface area (Å²) in [5, 5.41) is 0. The second kappa shape index (κ2) is 11.5. The van der Waals surface area contributed by atoms with Crippen molar-refractivity contribution in [2.24, 2.45) is 0 Å². The maximum absolute atomic E-state index is 12.7. The number of thioether (sulfide) groups is 1. The van der Waals surface area contributed by atoms with E-state index in [1.54, 1.807) is 11.8 Å². The van der Waals surface area contributed by atoms with E-state index in [1.807, 2.05) is 54.6 Å². The van der Waals surface area contributed by atoms with Gasteiger partial charge in [-0.25, -0.2) is 0 Å². The number of rotatable bonds is 9. The monoisotopic (exact) mass is 519 g/mol. The highest BCUT2D eigenvalue weighted by Gasteiger charge is 2.31. The van der Waals surface area contributed by atoms with E-state index in [1.165, 1.54) is 11.8 Å². The highest BCUT2D eigenvalue weighted by molar-refractivity contribution is 9.10. The lowest BCUT2D eigenvalue weighted by atomic mass is 10.2. The number of benzene rings is 2. The number of hydrogen-bond donors (Lipinski definition) is 0. The second-order valence-corrected chi connectivity index (χ2v) is 9.32. The largest absolute Gasteiger partial charge is 0.489 e. The molecule has 0 atom stereocenters. The molecule has 0 saturated carbocycles. The average Bonchev–Trinajstić information content (AvgIpc) is 3.01. The first kappa shape index (κ1) is 23.5. The summed E-state index contributed by atoms with van der Waals surface area (Å²) >= 11 is 10.1. The van der Waals surface area contributed by atoms with Crippen LogP contribution in [-0.2, 0) is 20.9 Å². The van der Waals surface area contributed by atoms with Crippen molar-refractivity contribution in [3.8, 4) is 5.75 Å². The van der Waals surface area contributed by atoms with Crippen molar-refractivity contribution in [1.29, 1.82) is 0 Å². The van der Waals surface area contributed by atoms with Crippen LogP contribution in [0.15, 0.2) is 57.9 Å². The number of amides is 1. The van der Waals surface area contributed by atoms with Gasteiger partial charge in [0.05, 0.1) is 11.5 Å². The molecule has 0 aromatic heterocycles. The molecule has 1 amide bonds. The van der Waals surface area contributed by atoms with Gasteiger partial charge in [0.15, 0.2) is 0 Å². The highest BCUT2D eigenvalue weighted by atomic mass is 79.9. The molecule has 1 fully saturated rings. The van der Waals surface area contributed by atoms with Crippen LogP contribution in [0.2, 0.25) is 0 Å². The Morgan fingerprint density at radius 3 is 2.71 bits per heavy atom. The molecule has 2 aromatic carbocycles. The van der Waals surface area contributed by atoms with E-state index in [4.69, 9.17) is 21.7 Å². The van der Waals surface area contributed by atoms with E-state index < -0.39 is 0 Å². The van der Waals surface area contributed by atoms with Crippen molar-refractivity contribution in [2.75, 3.05) is 13.2 Å². The molecule has 0 radical (unpaired) electrons. The molecule has 162 valence electrons. The summed E-state index contributed by atoms with van der Waals surface area (Å²) in [6, 6.07) is 15.5. The maximum atomic E-state index is 12.7. The number of thiocarbonyl (C=S) groups is 1. The highest BCUT2D eigenvalue weighted by Crippen LogP contribution is 2.33. The second-order valence-electron chi connectivity index (χ2n) is 6.73. The van der Waals surface area contributed by atoms with Crippen LogP contribution in [0.1, 0.15) is 30.9 Å². The molecule has 1 aliphatic heterocycles. The molecule has 2 aromatic rings. The molecule has 0 spiro atoms. The Morgan fingerprint density at radius 1 is 1.23 bits per heavy atom. The Labute approximate surface area is 199 Å². The zero-order chi connectivity index (χ0) is 22.2. The topological polar surface area (TPSA) is 55.8 Å². The van der Waals surface area contributed by atoms with Gasteiger partial charge < -0.3 is 9.47 Å². The minimum atomic E-state index is -0.259. The Morgan fingerprint density at radius 2 is 2.00 bits per heavy atom. The molecule has 0 unspecified atom stereocenters. The summed E-state index contributed by atoms with van der Waals surface area (Å²) in [5.74, 6) is 0.364. The van der Waals surface area contributed by atoms with Crippen LogP contribution in [0.25, 0.3) is 6.08 Å². The molecule has 31 heavy (non-hydrogen) atoms. The molecule has 8 heteroatoms. The third-order valence-corrected chi connectivity index (χ3v) is 6.28. The lowest BCUT2D eigenvalue weighted by Crippen LogP contribution is -2.29. The molecule has 0 bridgehead atoms. The van der Waals surface area contributed by atoms with Gasteiger partial charge in [0.2, 0.25) is 0 Å². The summed E-state index contributed by atoms with van der Waals surface area (Å²) in [4.78, 5) is 26.3. The first-order valence-electron chi connectivity index (χ1n) is 9.84. The van der Waals surface area contributed by atoms with Crippen LogP contribution >= 0.6 is 39.9 Å². The number of halogens is 1. The molecular formula is C23H22BrNO4S2. The van der Waals surface area contributed by atoms with E-state index in [0.717, 1.165) is 21.3 Å². The number of ether oxygens (including phenoxy) is 2. The number of carbonyl (C=O) groups excluding carboxylic acids is 2. The fourth-order valence-electron chi connectivity index (χ4n) is 2.91. The summed E-state index contributed by atoms with van der Waals surface area (Å²) < 4.78 is 12.3. The SMILES string of the molecule is CCOC(=O)CCCN1C(=O)/C(=C\c2ccc(OCc3cccc(Br)c3)cc2)SC1=S. The van der Waals surface area contributed by atoms with E-state index in [9.17, 15) is 9.59 Å². The molecule has 1 aliphatic rings. The zero-order valence-electron chi connectivity index (χ0n) is 17.0. The normalized spacial score (nSPS) is 14.9. The van der Waals surface area contributed by atoms with Gasteiger partial charge in [-0.05, 0) is 54.8 Å². The van der Waals surface area contributed by atoms with Crippen LogP contribution in [0.5, 0.6) is 5.75 Å². The maximum Gasteiger partial charge on any atom is 0.305 e. The van der Waals surface area contributed by atoms with Gasteiger partial charge in [0.1, 0.15) is 16.7 Å². The van der Waals surface area contributed by atoms with Crippen molar-refractivity contribution in [1.82, 2.24) is 4.90 Å². The fraction of sp³-hybridized carbons (Fsp3) is 0.261. The third-order valence-electron chi connectivity index (χ3n) is 4.41. The van der Waals surface area contributed by atoms with Gasteiger partial charge in [-0.1, -0.05) is 64.2 Å². The molecule has 1 saturated heterocycles. The molecule has 0 N–H and O–H groups in total. The van der Waals surface area contributed by atoms with E-state index in [2.05, 4.69) is 15.9 Å². The van der Waals surface area contributed by atoms with Crippen molar-refractivity contribution in [3.63, 3.8) is 0 Å². The zero-order valence-corrected chi connectivity index (χ0v) is 20.2. The predicted octanol–water partition coefficient (Wildman–Crippen LogP) is 5.57. The minimum absolute atomic E-state index is 0.131. The number of hydrogen-bond acceptors (Lipinski definition) is 6. The van der Waals surface area contributed by atoms with Gasteiger partial charge in [0, 0.05) is 17.4 Å². The summed E-state index contributed by atoms with van der Waals surface area (Å²) in [5.41, 5.74) is 1.96. The molecule has 0 aliphatic carbocycles. The lowest BCUT2D eigenvalue weighted by Gasteiger charge is -2.13. The van der Waals surface area contributed by atoms with E-state index in [0.29, 0.717) is 35.4 Å². The van der Waals surface area contributed by atoms with Gasteiger partial charge in [-0.15, -0.1) is 0 Å². The third kappa shape index (κ3) is 6.92. The van der Waals surface area contributed by atoms with Crippen LogP contribution in [0.3, 0.4) is 0 Å². The summed E-state index contributed by atoms with van der Waals surface area (Å²) in [6.45, 7) is 3.01. The molecule has 5 nitrogen and oxygen atoms in total. The van der Waals surface area contributed by atoms with Crippen LogP contribution in [0, 0.1) is 0 Å². The van der Waals surface area contributed by atoms with Crippen LogP contribution < -0.4 is 4.74 Å². The van der Waals surface area contributed by atoms with Gasteiger partial charge in [-0.3, -0.25) is 14.5 Å². The van der Waals surface area contributed by atoms with Crippen LogP contribution in [-0.4, -0.2) is 34.2 Å². The fourth-order valence-corrected chi connectivity index (χ4v) is 4.67.